The summed E-state index contributed by atoms with van der Waals surface area (Å²) in [6, 6.07) is -1.33. The largest absolute Gasteiger partial charge is 0.480 e. The van der Waals surface area contributed by atoms with Gasteiger partial charge in [0.1, 0.15) is 10.8 Å². The van der Waals surface area contributed by atoms with Crippen LogP contribution in [0, 0.1) is 0 Å². The van der Waals surface area contributed by atoms with Crippen molar-refractivity contribution in [2.75, 3.05) is 0 Å². The minimum Gasteiger partial charge on any atom is -0.480 e. The van der Waals surface area contributed by atoms with E-state index in [-0.39, 0.29) is 0 Å². The number of sulfone groups is 1. The zero-order chi connectivity index (χ0) is 13.4. The Morgan fingerprint density at radius 3 is 2.41 bits per heavy atom. The molecular weight excluding hydrogens is 429 g/mol. The van der Waals surface area contributed by atoms with Crippen molar-refractivity contribution < 1.29 is 23.1 Å². The average Bonchev–Trinajstić information content (AvgIpc) is 2.29. The summed E-state index contributed by atoms with van der Waals surface area (Å²) in [5.41, 5.74) is 0. The number of β-lactam (4-membered cyclic amide) rings is 1. The summed E-state index contributed by atoms with van der Waals surface area (Å²) in [6.07, 6.45) is 0. The van der Waals surface area contributed by atoms with Gasteiger partial charge in [0, 0.05) is 0 Å². The van der Waals surface area contributed by atoms with E-state index in [1.165, 1.54) is 13.8 Å². The molecule has 0 unspecified atom stereocenters. The molecule has 1 amide bonds. The molecular formula is C8H9BrINO5S. The molecule has 0 spiro atoms. The molecule has 2 aliphatic heterocycles. The van der Waals surface area contributed by atoms with Crippen molar-refractivity contribution in [2.24, 2.45) is 0 Å². The van der Waals surface area contributed by atoms with Crippen molar-refractivity contribution in [1.29, 1.82) is 0 Å². The molecule has 9 heteroatoms. The Labute approximate surface area is 120 Å². The Morgan fingerprint density at radius 2 is 2.00 bits per heavy atom. The molecule has 2 fully saturated rings. The van der Waals surface area contributed by atoms with Gasteiger partial charge in [-0.05, 0) is 13.8 Å². The summed E-state index contributed by atoms with van der Waals surface area (Å²) < 4.78 is 21.8. The molecule has 0 radical (unpaired) electrons. The van der Waals surface area contributed by atoms with Crippen LogP contribution in [-0.4, -0.2) is 48.8 Å². The minimum absolute atomic E-state index is 0.510. The van der Waals surface area contributed by atoms with Crippen molar-refractivity contribution in [2.45, 2.75) is 32.3 Å². The number of carbonyl (C=O) groups is 2. The third-order valence-electron chi connectivity index (χ3n) is 3.28. The highest BCUT2D eigenvalue weighted by molar-refractivity contribution is 14.1. The summed E-state index contributed by atoms with van der Waals surface area (Å²) in [6.45, 7) is 2.68. The smallest absolute Gasteiger partial charge is 0.328 e. The van der Waals surface area contributed by atoms with Gasteiger partial charge in [-0.1, -0.05) is 38.5 Å². The molecule has 0 aromatic heterocycles. The number of amides is 1. The molecule has 3 atom stereocenters. The number of hydrogen-bond donors (Lipinski definition) is 1. The molecule has 6 nitrogen and oxygen atoms in total. The van der Waals surface area contributed by atoms with E-state index in [9.17, 15) is 18.0 Å². The minimum atomic E-state index is -3.73. The maximum absolute atomic E-state index is 12.3. The number of carboxylic acid groups (broad SMARTS) is 1. The lowest BCUT2D eigenvalue weighted by molar-refractivity contribution is -0.156. The SMILES string of the molecule is CC1(C)[C@H](C(=O)O)N2C(=O)[C@@](Br)(I)[C@H]2S1(=O)=O. The number of nitrogens with zero attached hydrogens (tertiary/aromatic N) is 1. The van der Waals surface area contributed by atoms with Gasteiger partial charge in [-0.15, -0.1) is 0 Å². The summed E-state index contributed by atoms with van der Waals surface area (Å²) in [5.74, 6) is -1.81. The van der Waals surface area contributed by atoms with Gasteiger partial charge in [0.25, 0.3) is 5.91 Å². The number of fused-ring (bicyclic) bond motifs is 1. The van der Waals surface area contributed by atoms with Crippen LogP contribution < -0.4 is 0 Å². The normalized spacial score (nSPS) is 41.9. The highest BCUT2D eigenvalue weighted by Crippen LogP contribution is 2.56. The van der Waals surface area contributed by atoms with Gasteiger partial charge in [-0.2, -0.15) is 0 Å². The Morgan fingerprint density at radius 1 is 1.53 bits per heavy atom. The lowest BCUT2D eigenvalue weighted by atomic mass is 9.98. The summed E-state index contributed by atoms with van der Waals surface area (Å²) in [7, 11) is -3.73. The monoisotopic (exact) mass is 437 g/mol. The second-order valence-corrected chi connectivity index (χ2v) is 11.6. The Balaban J connectivity index is 2.65. The van der Waals surface area contributed by atoms with Crippen LogP contribution in [0.3, 0.4) is 0 Å². The molecule has 2 saturated heterocycles. The van der Waals surface area contributed by atoms with Gasteiger partial charge in [0.2, 0.25) is 0 Å². The first kappa shape index (κ1) is 13.5. The van der Waals surface area contributed by atoms with E-state index in [4.69, 9.17) is 5.11 Å². The molecule has 0 aliphatic carbocycles. The summed E-state index contributed by atoms with van der Waals surface area (Å²) in [5, 5.41) is 8.00. The summed E-state index contributed by atoms with van der Waals surface area (Å²) in [4.78, 5) is 23.9. The average molecular weight is 438 g/mol. The number of aliphatic carboxylic acids is 1. The molecule has 17 heavy (non-hydrogen) atoms. The van der Waals surface area contributed by atoms with Crippen LogP contribution in [0.1, 0.15) is 13.8 Å². The predicted octanol–water partition coefficient (Wildman–Crippen LogP) is 0.341. The van der Waals surface area contributed by atoms with Crippen LogP contribution in [0.5, 0.6) is 0 Å². The van der Waals surface area contributed by atoms with Crippen LogP contribution >= 0.6 is 38.5 Å². The molecule has 2 rings (SSSR count). The van der Waals surface area contributed by atoms with Crippen LogP contribution in [-0.2, 0) is 19.4 Å². The topological polar surface area (TPSA) is 91.8 Å². The molecule has 0 aromatic carbocycles. The number of halogens is 2. The van der Waals surface area contributed by atoms with Gasteiger partial charge >= 0.3 is 5.97 Å². The van der Waals surface area contributed by atoms with Crippen molar-refractivity contribution in [3.8, 4) is 0 Å². The molecule has 96 valence electrons. The van der Waals surface area contributed by atoms with Crippen LogP contribution in [0.2, 0.25) is 0 Å². The third-order valence-corrected chi connectivity index (χ3v) is 8.69. The van der Waals surface area contributed by atoms with E-state index in [2.05, 4.69) is 15.9 Å². The molecule has 0 bridgehead atoms. The molecule has 0 aromatic rings. The zero-order valence-corrected chi connectivity index (χ0v) is 13.4. The van der Waals surface area contributed by atoms with Gasteiger partial charge in [-0.25, -0.2) is 13.2 Å². The fraction of sp³-hybridized carbons (Fsp3) is 0.750. The maximum Gasteiger partial charge on any atom is 0.328 e. The zero-order valence-electron chi connectivity index (χ0n) is 8.85. The number of hydrogen-bond acceptors (Lipinski definition) is 4. The van der Waals surface area contributed by atoms with Gasteiger partial charge in [0.05, 0.1) is 0 Å². The first-order chi connectivity index (χ1) is 7.47. The van der Waals surface area contributed by atoms with Crippen LogP contribution in [0.4, 0.5) is 0 Å². The second-order valence-electron chi connectivity index (χ2n) is 4.58. The fourth-order valence-corrected chi connectivity index (χ4v) is 7.14. The van der Waals surface area contributed by atoms with E-state index < -0.39 is 40.2 Å². The van der Waals surface area contributed by atoms with E-state index in [0.29, 0.717) is 0 Å². The van der Waals surface area contributed by atoms with E-state index in [1.807, 2.05) is 0 Å². The highest BCUT2D eigenvalue weighted by atomic mass is 127. The Bertz CT molecular complexity index is 528. The first-order valence-corrected chi connectivity index (χ1v) is 8.06. The third kappa shape index (κ3) is 1.33. The van der Waals surface area contributed by atoms with Crippen molar-refractivity contribution >= 4 is 60.2 Å². The maximum atomic E-state index is 12.3. The van der Waals surface area contributed by atoms with Crippen molar-refractivity contribution in [3.05, 3.63) is 0 Å². The quantitative estimate of drug-likeness (QED) is 0.363. The highest BCUT2D eigenvalue weighted by Gasteiger charge is 2.77. The molecule has 1 N–H and O–H groups in total. The van der Waals surface area contributed by atoms with Crippen molar-refractivity contribution in [3.63, 3.8) is 0 Å². The lowest BCUT2D eigenvalue weighted by Crippen LogP contribution is -2.69. The van der Waals surface area contributed by atoms with Crippen LogP contribution in [0.15, 0.2) is 0 Å². The van der Waals surface area contributed by atoms with Crippen LogP contribution in [0.25, 0.3) is 0 Å². The van der Waals surface area contributed by atoms with Crippen molar-refractivity contribution in [1.82, 2.24) is 4.90 Å². The molecule has 0 saturated carbocycles. The van der Waals surface area contributed by atoms with E-state index in [1.54, 1.807) is 22.6 Å². The lowest BCUT2D eigenvalue weighted by Gasteiger charge is -2.45. The van der Waals surface area contributed by atoms with Gasteiger partial charge in [-0.3, -0.25) is 4.79 Å². The standard InChI is InChI=1S/C8H9BrINO5S/c1-7(2)3(4(12)13)11-5(14)8(9,10)6(11)17(7,15)16/h3,6H,1-2H3,(H,12,13)/t3-,6+,8+/m0/s1. The van der Waals surface area contributed by atoms with Gasteiger partial charge < -0.3 is 10.0 Å². The van der Waals surface area contributed by atoms with Gasteiger partial charge in [0.15, 0.2) is 17.5 Å². The molecule has 2 aliphatic rings. The Hall–Kier alpha value is 0.1000. The molecule has 2 heterocycles. The first-order valence-electron chi connectivity index (χ1n) is 4.64. The van der Waals surface area contributed by atoms with E-state index in [0.717, 1.165) is 4.90 Å². The fourth-order valence-electron chi connectivity index (χ4n) is 2.28. The number of rotatable bonds is 1. The second kappa shape index (κ2) is 3.35. The Kier molecular flexibility index (Phi) is 2.67. The predicted molar refractivity (Wildman–Crippen MR) is 70.7 cm³/mol. The number of carbonyl (C=O) groups excluding carboxylic acids is 1. The van der Waals surface area contributed by atoms with E-state index >= 15 is 0 Å². The summed E-state index contributed by atoms with van der Waals surface area (Å²) >= 11 is 4.76. The number of carboxylic acids is 1. The number of alkyl halides is 2.